The van der Waals surface area contributed by atoms with Crippen LogP contribution in [0.15, 0.2) is 0 Å². The molecule has 0 amide bonds. The number of hydrogen-bond acceptors (Lipinski definition) is 4. The minimum atomic E-state index is 0. The number of hydrogen-bond donors (Lipinski definition) is 2. The third-order valence-electron chi connectivity index (χ3n) is 3.95. The van der Waals surface area contributed by atoms with Crippen molar-refractivity contribution in [2.75, 3.05) is 59.9 Å². The molecule has 1 fully saturated rings. The van der Waals surface area contributed by atoms with E-state index in [0.29, 0.717) is 0 Å². The van der Waals surface area contributed by atoms with Gasteiger partial charge in [0.1, 0.15) is 0 Å². The fraction of sp³-hybridized carbons (Fsp3) is 0.933. The van der Waals surface area contributed by atoms with Crippen molar-refractivity contribution in [2.24, 2.45) is 0 Å². The van der Waals surface area contributed by atoms with Gasteiger partial charge in [0.2, 0.25) is 0 Å². The summed E-state index contributed by atoms with van der Waals surface area (Å²) in [6.45, 7) is 10.4. The maximum atomic E-state index is 3.53. The van der Waals surface area contributed by atoms with Crippen molar-refractivity contribution in [3.63, 3.8) is 0 Å². The first kappa shape index (κ1) is 28.0. The Morgan fingerprint density at radius 1 is 0.773 bits per heavy atom. The number of rotatable bonds is 0. The van der Waals surface area contributed by atoms with Gasteiger partial charge in [0.25, 0.3) is 0 Å². The molecule has 0 aromatic heterocycles. The Morgan fingerprint density at radius 2 is 1.32 bits per heavy atom. The van der Waals surface area contributed by atoms with Gasteiger partial charge < -0.3 is 45.2 Å². The van der Waals surface area contributed by atoms with Gasteiger partial charge in [-0.05, 0) is 79.2 Å². The van der Waals surface area contributed by atoms with Gasteiger partial charge in [-0.2, -0.15) is 13.3 Å². The van der Waals surface area contributed by atoms with Crippen LogP contribution in [0.2, 0.25) is 0 Å². The molecule has 0 aromatic rings. The summed E-state index contributed by atoms with van der Waals surface area (Å²) in [7, 11) is 4.46. The minimum Gasteiger partial charge on any atom is -1.00 e. The predicted octanol–water partition coefficient (Wildman–Crippen LogP) is -4.84. The first-order chi connectivity index (χ1) is 9.20. The van der Waals surface area contributed by atoms with E-state index in [4.69, 9.17) is 0 Å². The molecule has 2 N–H and O–H groups in total. The third-order valence-corrected chi connectivity index (χ3v) is 3.95. The SMILES string of the molecule is C[C-]1CCNCCCNCCCN(C)CCCN1C.[Cl-].[Cl-].[Ti+3]. The van der Waals surface area contributed by atoms with E-state index in [0.717, 1.165) is 26.2 Å². The molecule has 0 saturated carbocycles. The molecule has 7 heteroatoms. The van der Waals surface area contributed by atoms with E-state index in [9.17, 15) is 0 Å². The zero-order valence-electron chi connectivity index (χ0n) is 14.4. The normalized spacial score (nSPS) is 22.0. The van der Waals surface area contributed by atoms with E-state index >= 15 is 0 Å². The van der Waals surface area contributed by atoms with Crippen LogP contribution >= 0.6 is 0 Å². The van der Waals surface area contributed by atoms with Gasteiger partial charge in [0.15, 0.2) is 0 Å². The molecule has 1 aliphatic rings. The van der Waals surface area contributed by atoms with E-state index in [2.05, 4.69) is 41.5 Å². The quantitative estimate of drug-likeness (QED) is 0.322. The van der Waals surface area contributed by atoms with Crippen molar-refractivity contribution >= 4 is 0 Å². The first-order valence-corrected chi connectivity index (χ1v) is 7.83. The van der Waals surface area contributed by atoms with Crippen LogP contribution in [-0.2, 0) is 21.7 Å². The van der Waals surface area contributed by atoms with E-state index in [1.54, 1.807) is 0 Å². The summed E-state index contributed by atoms with van der Waals surface area (Å²) in [6, 6.07) is 1.50. The zero-order chi connectivity index (χ0) is 13.9. The molecule has 0 unspecified atom stereocenters. The van der Waals surface area contributed by atoms with Crippen LogP contribution < -0.4 is 35.4 Å². The fourth-order valence-corrected chi connectivity index (χ4v) is 2.40. The van der Waals surface area contributed by atoms with Gasteiger partial charge in [0, 0.05) is 0 Å². The van der Waals surface area contributed by atoms with Gasteiger partial charge >= 0.3 is 21.7 Å². The molecule has 1 heterocycles. The Kier molecular flexibility index (Phi) is 23.5. The van der Waals surface area contributed by atoms with E-state index < -0.39 is 0 Å². The molecule has 22 heavy (non-hydrogen) atoms. The standard InChI is InChI=1S/C15H33N4.2ClH.Ti/c1-15-7-11-17-9-4-8-16-10-5-12-18(2)13-6-14-19(15)3;;;/h16-17H,4-14H2,1-3H3;2*1H;/q-1;;;+3/p-2. The van der Waals surface area contributed by atoms with Crippen molar-refractivity contribution in [1.82, 2.24) is 20.4 Å². The van der Waals surface area contributed by atoms with Crippen LogP contribution in [0.3, 0.4) is 0 Å². The van der Waals surface area contributed by atoms with Crippen molar-refractivity contribution in [3.05, 3.63) is 6.04 Å². The molecular weight excluding hydrogens is 355 g/mol. The summed E-state index contributed by atoms with van der Waals surface area (Å²) < 4.78 is 0. The second-order valence-corrected chi connectivity index (χ2v) is 5.77. The molecule has 1 rings (SSSR count). The largest absolute Gasteiger partial charge is 3.00 e. The summed E-state index contributed by atoms with van der Waals surface area (Å²) in [5.74, 6) is 0. The maximum absolute atomic E-state index is 3.53. The van der Waals surface area contributed by atoms with Crippen molar-refractivity contribution in [3.8, 4) is 0 Å². The zero-order valence-corrected chi connectivity index (χ0v) is 17.5. The Bertz CT molecular complexity index is 226. The predicted molar refractivity (Wildman–Crippen MR) is 83.3 cm³/mol. The van der Waals surface area contributed by atoms with E-state index in [-0.39, 0.29) is 46.5 Å². The average Bonchev–Trinajstić information content (AvgIpc) is 2.39. The molecule has 0 spiro atoms. The van der Waals surface area contributed by atoms with Crippen LogP contribution in [0.25, 0.3) is 0 Å². The van der Waals surface area contributed by atoms with E-state index in [1.165, 1.54) is 51.4 Å². The Hall–Kier alpha value is 1.13. The van der Waals surface area contributed by atoms with Gasteiger partial charge in [0.05, 0.1) is 0 Å². The first-order valence-electron chi connectivity index (χ1n) is 7.83. The summed E-state index contributed by atoms with van der Waals surface area (Å²) >= 11 is 0. The minimum absolute atomic E-state index is 0. The second-order valence-electron chi connectivity index (χ2n) is 5.77. The number of nitrogens with one attached hydrogen (secondary N) is 2. The summed E-state index contributed by atoms with van der Waals surface area (Å²) in [5, 5.41) is 7.05. The monoisotopic (exact) mass is 387 g/mol. The molecule has 0 atom stereocenters. The topological polar surface area (TPSA) is 30.5 Å². The molecule has 1 aliphatic heterocycles. The van der Waals surface area contributed by atoms with E-state index in [1.807, 2.05) is 0 Å². The second kappa shape index (κ2) is 18.5. The Labute approximate surface area is 165 Å². The van der Waals surface area contributed by atoms with Crippen LogP contribution in [0.5, 0.6) is 0 Å². The smallest absolute Gasteiger partial charge is 1.00 e. The molecule has 131 valence electrons. The maximum Gasteiger partial charge on any atom is 3.00 e. The number of nitrogens with zero attached hydrogens (tertiary/aromatic N) is 2. The average molecular weight is 388 g/mol. The number of halogens is 2. The molecule has 0 bridgehead atoms. The van der Waals surface area contributed by atoms with Crippen LogP contribution in [0.1, 0.15) is 32.6 Å². The molecule has 0 aromatic carbocycles. The summed E-state index contributed by atoms with van der Waals surface area (Å²) in [5.41, 5.74) is 0. The third kappa shape index (κ3) is 14.7. The Morgan fingerprint density at radius 3 is 2.00 bits per heavy atom. The molecule has 1 radical (unpaired) electrons. The van der Waals surface area contributed by atoms with Crippen LogP contribution in [-0.4, -0.2) is 69.7 Å². The van der Waals surface area contributed by atoms with Gasteiger partial charge in [-0.1, -0.05) is 0 Å². The van der Waals surface area contributed by atoms with Crippen LogP contribution in [0, 0.1) is 6.04 Å². The van der Waals surface area contributed by atoms with Gasteiger partial charge in [-0.25, -0.2) is 0 Å². The fourth-order valence-electron chi connectivity index (χ4n) is 2.40. The molecule has 4 nitrogen and oxygen atoms in total. The van der Waals surface area contributed by atoms with Crippen molar-refractivity contribution in [2.45, 2.75) is 32.6 Å². The van der Waals surface area contributed by atoms with Gasteiger partial charge in [-0.15, -0.1) is 0 Å². The summed E-state index contributed by atoms with van der Waals surface area (Å²) in [6.07, 6.45) is 4.90. The Balaban J connectivity index is -0.00000120. The van der Waals surface area contributed by atoms with Crippen molar-refractivity contribution in [1.29, 1.82) is 0 Å². The van der Waals surface area contributed by atoms with Gasteiger partial charge in [-0.3, -0.25) is 6.04 Å². The summed E-state index contributed by atoms with van der Waals surface area (Å²) in [4.78, 5) is 4.88. The molecule has 1 saturated heterocycles. The van der Waals surface area contributed by atoms with Crippen LogP contribution in [0.4, 0.5) is 0 Å². The van der Waals surface area contributed by atoms with Crippen molar-refractivity contribution < 1.29 is 46.5 Å². The molecule has 0 aliphatic carbocycles. The molecular formula is C15H33Cl2N4Ti.